The van der Waals surface area contributed by atoms with Gasteiger partial charge in [0, 0.05) is 44.4 Å². The molecule has 0 radical (unpaired) electrons. The smallest absolute Gasteiger partial charge is 0.254 e. The first-order valence-corrected chi connectivity index (χ1v) is 13.1. The lowest BCUT2D eigenvalue weighted by atomic mass is 9.88. The molecule has 0 aliphatic carbocycles. The van der Waals surface area contributed by atoms with Gasteiger partial charge in [-0.15, -0.1) is 0 Å². The Hall–Kier alpha value is -3.60. The maximum Gasteiger partial charge on any atom is 0.254 e. The van der Waals surface area contributed by atoms with Crippen molar-refractivity contribution in [3.8, 4) is 0 Å². The molecule has 2 aliphatic rings. The molecule has 36 heavy (non-hydrogen) atoms. The highest BCUT2D eigenvalue weighted by atomic mass is 16.2. The molecule has 0 aromatic heterocycles. The minimum atomic E-state index is -0.00835. The lowest BCUT2D eigenvalue weighted by Gasteiger charge is -2.34. The first-order chi connectivity index (χ1) is 17.5. The van der Waals surface area contributed by atoms with Gasteiger partial charge in [0.25, 0.3) is 5.91 Å². The summed E-state index contributed by atoms with van der Waals surface area (Å²) < 4.78 is 0. The summed E-state index contributed by atoms with van der Waals surface area (Å²) in [5.41, 5.74) is 7.02. The van der Waals surface area contributed by atoms with Gasteiger partial charge >= 0.3 is 0 Å². The largest absolute Gasteiger partial charge is 0.371 e. The molecule has 0 unspecified atom stereocenters. The number of amides is 2. The number of nitrogens with zero attached hydrogens (tertiary/aromatic N) is 2. The maximum absolute atomic E-state index is 13.3. The number of nitrogens with one attached hydrogen (secondary N) is 1. The van der Waals surface area contributed by atoms with Crippen LogP contribution in [0.3, 0.4) is 0 Å². The molecule has 0 spiro atoms. The van der Waals surface area contributed by atoms with Crippen LogP contribution < -0.4 is 10.2 Å². The summed E-state index contributed by atoms with van der Waals surface area (Å²) >= 11 is 0. The van der Waals surface area contributed by atoms with Gasteiger partial charge < -0.3 is 15.1 Å². The Morgan fingerprint density at radius 1 is 0.889 bits per heavy atom. The molecule has 5 rings (SSSR count). The quantitative estimate of drug-likeness (QED) is 0.526. The Morgan fingerprint density at radius 3 is 2.33 bits per heavy atom. The molecule has 3 aromatic carbocycles. The molecule has 186 valence electrons. The van der Waals surface area contributed by atoms with Crippen LogP contribution in [0.5, 0.6) is 0 Å². The second kappa shape index (κ2) is 10.6. The summed E-state index contributed by atoms with van der Waals surface area (Å²) in [6, 6.07) is 25.3. The third kappa shape index (κ3) is 5.30. The van der Waals surface area contributed by atoms with Crippen LogP contribution in [0.2, 0.25) is 0 Å². The molecule has 2 amide bonds. The number of hydrogen-bond donors (Lipinski definition) is 1. The van der Waals surface area contributed by atoms with Crippen molar-refractivity contribution < 1.29 is 9.59 Å². The molecule has 5 nitrogen and oxygen atoms in total. The summed E-state index contributed by atoms with van der Waals surface area (Å²) in [7, 11) is 0. The number of fused-ring (bicyclic) bond motifs is 1. The lowest BCUT2D eigenvalue weighted by molar-refractivity contribution is -0.119. The van der Waals surface area contributed by atoms with E-state index in [0.29, 0.717) is 12.5 Å². The fourth-order valence-electron chi connectivity index (χ4n) is 5.60. The number of benzene rings is 3. The van der Waals surface area contributed by atoms with Crippen LogP contribution in [0.15, 0.2) is 72.8 Å². The van der Waals surface area contributed by atoms with E-state index in [1.165, 1.54) is 16.7 Å². The Balaban J connectivity index is 1.20. The van der Waals surface area contributed by atoms with Gasteiger partial charge in [-0.2, -0.15) is 0 Å². The van der Waals surface area contributed by atoms with E-state index >= 15 is 0 Å². The number of anilines is 1. The van der Waals surface area contributed by atoms with E-state index in [-0.39, 0.29) is 17.9 Å². The Kier molecular flexibility index (Phi) is 7.08. The maximum atomic E-state index is 13.3. The zero-order valence-electron chi connectivity index (χ0n) is 21.2. The van der Waals surface area contributed by atoms with Gasteiger partial charge in [0.2, 0.25) is 5.91 Å². The monoisotopic (exact) mass is 481 g/mol. The van der Waals surface area contributed by atoms with Crippen LogP contribution >= 0.6 is 0 Å². The van der Waals surface area contributed by atoms with Crippen molar-refractivity contribution in [3.63, 3.8) is 0 Å². The van der Waals surface area contributed by atoms with E-state index < -0.39 is 0 Å². The molecule has 0 saturated carbocycles. The predicted octanol–water partition coefficient (Wildman–Crippen LogP) is 5.47. The number of piperidine rings is 1. The van der Waals surface area contributed by atoms with Crippen molar-refractivity contribution in [2.75, 3.05) is 24.5 Å². The molecule has 1 fully saturated rings. The number of carbonyl (C=O) groups is 2. The van der Waals surface area contributed by atoms with Gasteiger partial charge in [-0.05, 0) is 72.6 Å². The molecule has 1 N–H and O–H groups in total. The van der Waals surface area contributed by atoms with Gasteiger partial charge in [0.05, 0.1) is 6.04 Å². The highest BCUT2D eigenvalue weighted by molar-refractivity contribution is 5.95. The summed E-state index contributed by atoms with van der Waals surface area (Å²) in [6.45, 7) is 6.97. The van der Waals surface area contributed by atoms with E-state index in [0.717, 1.165) is 55.7 Å². The highest BCUT2D eigenvalue weighted by Gasteiger charge is 2.24. The minimum Gasteiger partial charge on any atom is -0.371 e. The van der Waals surface area contributed by atoms with Gasteiger partial charge in [-0.1, -0.05) is 54.6 Å². The Labute approximate surface area is 214 Å². The first kappa shape index (κ1) is 24.1. The summed E-state index contributed by atoms with van der Waals surface area (Å²) in [5.74, 6) is 0.644. The van der Waals surface area contributed by atoms with Crippen molar-refractivity contribution in [1.29, 1.82) is 0 Å². The summed E-state index contributed by atoms with van der Waals surface area (Å²) in [4.78, 5) is 29.0. The van der Waals surface area contributed by atoms with E-state index in [1.807, 2.05) is 24.0 Å². The van der Waals surface area contributed by atoms with E-state index in [4.69, 9.17) is 0 Å². The zero-order valence-corrected chi connectivity index (χ0v) is 21.2. The van der Waals surface area contributed by atoms with Crippen LogP contribution in [-0.4, -0.2) is 36.3 Å². The van der Waals surface area contributed by atoms with Crippen molar-refractivity contribution in [2.24, 2.45) is 0 Å². The molecular formula is C31H35N3O2. The minimum absolute atomic E-state index is 0.00835. The van der Waals surface area contributed by atoms with Crippen LogP contribution in [0, 0.1) is 0 Å². The van der Waals surface area contributed by atoms with Crippen molar-refractivity contribution >= 4 is 17.5 Å². The van der Waals surface area contributed by atoms with Gasteiger partial charge in [-0.3, -0.25) is 9.59 Å². The van der Waals surface area contributed by atoms with Crippen LogP contribution in [0.4, 0.5) is 5.69 Å². The van der Waals surface area contributed by atoms with Crippen molar-refractivity contribution in [2.45, 2.75) is 51.6 Å². The number of carbonyl (C=O) groups excluding carboxylic acids is 2. The standard InChI is InChI=1S/C31H35N3O2/c1-22(32-23(2)35)24-10-12-26(13-11-24)27-14-17-33(18-15-27)30-9-5-8-28(20-30)31(36)34-19-16-25-6-3-4-7-29(25)21-34/h3-13,20,22,27H,14-19,21H2,1-2H3,(H,32,35)/t22-/m0/s1. The summed E-state index contributed by atoms with van der Waals surface area (Å²) in [6.07, 6.45) is 3.09. The molecule has 0 bridgehead atoms. The SMILES string of the molecule is CC(=O)N[C@@H](C)c1ccc(C2CCN(c3cccc(C(=O)N4CCc5ccccc5C4)c3)CC2)cc1. The highest BCUT2D eigenvalue weighted by Crippen LogP contribution is 2.32. The molecule has 5 heteroatoms. The predicted molar refractivity (Wildman–Crippen MR) is 144 cm³/mol. The van der Waals surface area contributed by atoms with Crippen molar-refractivity contribution in [3.05, 3.63) is 101 Å². The fraction of sp³-hybridized carbons (Fsp3) is 0.355. The second-order valence-electron chi connectivity index (χ2n) is 10.1. The van der Waals surface area contributed by atoms with Gasteiger partial charge in [0.1, 0.15) is 0 Å². The van der Waals surface area contributed by atoms with Gasteiger partial charge in [0.15, 0.2) is 0 Å². The third-order valence-corrected chi connectivity index (χ3v) is 7.70. The first-order valence-electron chi connectivity index (χ1n) is 13.1. The molecule has 1 saturated heterocycles. The molecular weight excluding hydrogens is 446 g/mol. The average molecular weight is 482 g/mol. The van der Waals surface area contributed by atoms with Crippen LogP contribution in [0.1, 0.15) is 71.3 Å². The Morgan fingerprint density at radius 2 is 1.61 bits per heavy atom. The van der Waals surface area contributed by atoms with Crippen LogP contribution in [0.25, 0.3) is 0 Å². The molecule has 2 heterocycles. The second-order valence-corrected chi connectivity index (χ2v) is 10.1. The Bertz CT molecular complexity index is 1230. The van der Waals surface area contributed by atoms with E-state index in [9.17, 15) is 9.59 Å². The molecule has 1 atom stereocenters. The molecule has 2 aliphatic heterocycles. The molecule has 3 aromatic rings. The average Bonchev–Trinajstić information content (AvgIpc) is 2.92. The summed E-state index contributed by atoms with van der Waals surface area (Å²) in [5, 5.41) is 2.95. The van der Waals surface area contributed by atoms with Gasteiger partial charge in [-0.25, -0.2) is 0 Å². The third-order valence-electron chi connectivity index (χ3n) is 7.70. The zero-order chi connectivity index (χ0) is 25.1. The van der Waals surface area contributed by atoms with E-state index in [2.05, 4.69) is 70.9 Å². The van der Waals surface area contributed by atoms with Crippen molar-refractivity contribution in [1.82, 2.24) is 10.2 Å². The topological polar surface area (TPSA) is 52.7 Å². The van der Waals surface area contributed by atoms with E-state index in [1.54, 1.807) is 6.92 Å². The number of hydrogen-bond acceptors (Lipinski definition) is 3. The normalized spacial score (nSPS) is 16.8. The fourth-order valence-corrected chi connectivity index (χ4v) is 5.60. The lowest BCUT2D eigenvalue weighted by Crippen LogP contribution is -2.36. The van der Waals surface area contributed by atoms with Crippen LogP contribution in [-0.2, 0) is 17.8 Å². The number of rotatable bonds is 5.